The number of carboxylic acids is 1. The minimum atomic E-state index is -4.23. The molecule has 11 heavy (non-hydrogen) atoms. The summed E-state index contributed by atoms with van der Waals surface area (Å²) in [6.07, 6.45) is 0. The van der Waals surface area contributed by atoms with Crippen molar-refractivity contribution in [3.63, 3.8) is 0 Å². The Morgan fingerprint density at radius 3 is 2.18 bits per heavy atom. The molecule has 0 aliphatic rings. The molecule has 0 aromatic carbocycles. The van der Waals surface area contributed by atoms with E-state index in [1.807, 2.05) is 0 Å². The summed E-state index contributed by atoms with van der Waals surface area (Å²) >= 11 is 0. The zero-order chi connectivity index (χ0) is 9.07. The molecule has 7 heteroatoms. The Balaban J connectivity index is 4.25. The summed E-state index contributed by atoms with van der Waals surface area (Å²) in [5.74, 6) is -3.82. The molecule has 0 saturated heterocycles. The van der Waals surface area contributed by atoms with Gasteiger partial charge in [0.1, 0.15) is 0 Å². The molecule has 0 rings (SSSR count). The van der Waals surface area contributed by atoms with Gasteiger partial charge in [0.2, 0.25) is 0 Å². The molecule has 1 N–H and O–H groups in total. The van der Waals surface area contributed by atoms with Crippen molar-refractivity contribution in [1.82, 2.24) is 0 Å². The first-order valence-corrected chi connectivity index (χ1v) is 4.06. The summed E-state index contributed by atoms with van der Waals surface area (Å²) in [6.45, 7) is 0.874. The van der Waals surface area contributed by atoms with Crippen LogP contribution in [0.25, 0.3) is 0 Å². The van der Waals surface area contributed by atoms with Crippen LogP contribution in [0.5, 0.6) is 0 Å². The first kappa shape index (κ1) is 9.89. The molecule has 0 fully saturated rings. The Bertz CT molecular complexity index is 240. The zero-order valence-electron chi connectivity index (χ0n) is 5.60. The average molecular weight is 182 g/mol. The van der Waals surface area contributed by atoms with Gasteiger partial charge in [0.25, 0.3) is 0 Å². The molecule has 6 nitrogen and oxygen atoms in total. The molecule has 0 atom stereocenters. The van der Waals surface area contributed by atoms with Crippen molar-refractivity contribution in [2.24, 2.45) is 0 Å². The van der Waals surface area contributed by atoms with E-state index in [1.165, 1.54) is 0 Å². The highest BCUT2D eigenvalue weighted by Gasteiger charge is 2.18. The van der Waals surface area contributed by atoms with Crippen molar-refractivity contribution in [2.75, 3.05) is 5.75 Å². The van der Waals surface area contributed by atoms with Gasteiger partial charge in [-0.1, -0.05) is 0 Å². The smallest absolute Gasteiger partial charge is 0.322 e. The lowest BCUT2D eigenvalue weighted by atomic mass is 10.8. The van der Waals surface area contributed by atoms with Gasteiger partial charge in [-0.2, -0.15) is 8.42 Å². The van der Waals surface area contributed by atoms with E-state index in [4.69, 9.17) is 5.11 Å². The average Bonchev–Trinajstić information content (AvgIpc) is 1.53. The molecule has 0 unspecified atom stereocenters. The number of hydrogen-bond donors (Lipinski definition) is 1. The topological polar surface area (TPSA) is 97.7 Å². The fourth-order valence-electron chi connectivity index (χ4n) is 0.359. The van der Waals surface area contributed by atoms with E-state index in [0.29, 0.717) is 0 Å². The maximum Gasteiger partial charge on any atom is 0.322 e. The molecule has 0 heterocycles. The third-order valence-corrected chi connectivity index (χ3v) is 1.63. The number of carboxylic acid groups (broad SMARTS) is 1. The molecule has 0 saturated carbocycles. The summed E-state index contributed by atoms with van der Waals surface area (Å²) in [6, 6.07) is 0. The van der Waals surface area contributed by atoms with Gasteiger partial charge < -0.3 is 9.29 Å². The van der Waals surface area contributed by atoms with Gasteiger partial charge >= 0.3 is 22.1 Å². The monoisotopic (exact) mass is 182 g/mol. The highest BCUT2D eigenvalue weighted by Crippen LogP contribution is 1.92. The molecular formula is C4H6O6S. The van der Waals surface area contributed by atoms with Crippen LogP contribution in [0.4, 0.5) is 0 Å². The predicted octanol–water partition coefficient (Wildman–Crippen LogP) is -1.04. The largest absolute Gasteiger partial charge is 0.480 e. The summed E-state index contributed by atoms with van der Waals surface area (Å²) in [5.41, 5.74) is 0. The van der Waals surface area contributed by atoms with E-state index >= 15 is 0 Å². The fraction of sp³-hybridized carbons (Fsp3) is 0.500. The quantitative estimate of drug-likeness (QED) is 0.560. The highest BCUT2D eigenvalue weighted by molar-refractivity contribution is 7.87. The van der Waals surface area contributed by atoms with E-state index in [1.54, 1.807) is 0 Å². The van der Waals surface area contributed by atoms with Crippen LogP contribution in [-0.4, -0.2) is 31.2 Å². The van der Waals surface area contributed by atoms with Crippen molar-refractivity contribution in [3.8, 4) is 0 Å². The Morgan fingerprint density at radius 1 is 1.45 bits per heavy atom. The van der Waals surface area contributed by atoms with Crippen LogP contribution < -0.4 is 0 Å². The third kappa shape index (κ3) is 5.34. The Morgan fingerprint density at radius 2 is 1.91 bits per heavy atom. The number of rotatable bonds is 3. The molecule has 0 aromatic heterocycles. The summed E-state index contributed by atoms with van der Waals surface area (Å²) in [7, 11) is -4.23. The Hall–Kier alpha value is -1.11. The lowest BCUT2D eigenvalue weighted by molar-refractivity contribution is -0.134. The molecule has 0 aliphatic heterocycles. The molecule has 0 spiro atoms. The van der Waals surface area contributed by atoms with Gasteiger partial charge in [-0.3, -0.25) is 9.59 Å². The maximum absolute atomic E-state index is 10.4. The maximum atomic E-state index is 10.4. The van der Waals surface area contributed by atoms with E-state index in [9.17, 15) is 18.0 Å². The van der Waals surface area contributed by atoms with Gasteiger partial charge in [0.05, 0.1) is 0 Å². The number of aliphatic carboxylic acids is 1. The van der Waals surface area contributed by atoms with Crippen LogP contribution >= 0.6 is 0 Å². The standard InChI is InChI=1S/C4H6O6S/c1-3(5)10-11(8,9)2-4(6)7/h2H2,1H3,(H,6,7). The number of carbonyl (C=O) groups is 2. The van der Waals surface area contributed by atoms with Crippen LogP contribution in [0.3, 0.4) is 0 Å². The van der Waals surface area contributed by atoms with Gasteiger partial charge in [-0.15, -0.1) is 0 Å². The minimum Gasteiger partial charge on any atom is -0.480 e. The van der Waals surface area contributed by atoms with E-state index in [0.717, 1.165) is 6.92 Å². The van der Waals surface area contributed by atoms with E-state index in [-0.39, 0.29) is 0 Å². The second kappa shape index (κ2) is 3.33. The molecular weight excluding hydrogens is 176 g/mol. The second-order valence-corrected chi connectivity index (χ2v) is 3.24. The van der Waals surface area contributed by atoms with Crippen molar-refractivity contribution in [2.45, 2.75) is 6.92 Å². The number of carbonyl (C=O) groups excluding carboxylic acids is 1. The van der Waals surface area contributed by atoms with Gasteiger partial charge in [0, 0.05) is 6.92 Å². The van der Waals surface area contributed by atoms with Crippen molar-refractivity contribution in [3.05, 3.63) is 0 Å². The zero-order valence-corrected chi connectivity index (χ0v) is 6.42. The number of hydrogen-bond acceptors (Lipinski definition) is 5. The molecule has 0 aromatic rings. The molecule has 0 amide bonds. The van der Waals surface area contributed by atoms with Crippen molar-refractivity contribution < 1.29 is 27.3 Å². The summed E-state index contributed by atoms with van der Waals surface area (Å²) < 4.78 is 24.6. The lowest BCUT2D eigenvalue weighted by Gasteiger charge is -1.97. The van der Waals surface area contributed by atoms with Crippen LogP contribution in [0.15, 0.2) is 0 Å². The highest BCUT2D eigenvalue weighted by atomic mass is 32.2. The van der Waals surface area contributed by atoms with E-state index in [2.05, 4.69) is 4.18 Å². The Labute approximate surface area is 62.9 Å². The fourth-order valence-corrected chi connectivity index (χ4v) is 1.08. The van der Waals surface area contributed by atoms with Crippen LogP contribution in [-0.2, 0) is 23.9 Å². The van der Waals surface area contributed by atoms with Crippen LogP contribution in [0, 0.1) is 0 Å². The molecule has 0 aliphatic carbocycles. The van der Waals surface area contributed by atoms with Gasteiger partial charge in [-0.25, -0.2) is 0 Å². The third-order valence-electron chi connectivity index (χ3n) is 0.545. The van der Waals surface area contributed by atoms with Crippen molar-refractivity contribution in [1.29, 1.82) is 0 Å². The molecule has 0 radical (unpaired) electrons. The first-order chi connectivity index (χ1) is 4.83. The van der Waals surface area contributed by atoms with Gasteiger partial charge in [-0.05, 0) is 0 Å². The van der Waals surface area contributed by atoms with Crippen molar-refractivity contribution >= 4 is 22.1 Å². The second-order valence-electron chi connectivity index (χ2n) is 1.67. The SMILES string of the molecule is CC(=O)OS(=O)(=O)CC(=O)O. The lowest BCUT2D eigenvalue weighted by Crippen LogP contribution is -2.19. The summed E-state index contributed by atoms with van der Waals surface area (Å²) in [4.78, 5) is 19.9. The minimum absolute atomic E-state index is 0.874. The van der Waals surface area contributed by atoms with Gasteiger partial charge in [0.15, 0.2) is 5.75 Å². The molecule has 64 valence electrons. The summed E-state index contributed by atoms with van der Waals surface area (Å²) in [5, 5.41) is 7.99. The van der Waals surface area contributed by atoms with E-state index < -0.39 is 27.8 Å². The first-order valence-electron chi connectivity index (χ1n) is 2.48. The normalized spacial score (nSPS) is 10.6. The van der Waals surface area contributed by atoms with Crippen LogP contribution in [0.2, 0.25) is 0 Å². The Kier molecular flexibility index (Phi) is 2.99. The van der Waals surface area contributed by atoms with Crippen LogP contribution in [0.1, 0.15) is 6.92 Å². The molecule has 0 bridgehead atoms. The predicted molar refractivity (Wildman–Crippen MR) is 33.2 cm³/mol.